The van der Waals surface area contributed by atoms with Gasteiger partial charge in [0.05, 0.1) is 13.2 Å². The van der Waals surface area contributed by atoms with Crippen molar-refractivity contribution in [2.75, 3.05) is 13.2 Å². The fraction of sp³-hybridized carbons (Fsp3) is 0.714. The molecule has 0 amide bonds. The molecule has 4 nitrogen and oxygen atoms in total. The predicted octanol–water partition coefficient (Wildman–Crippen LogP) is 2.48. The van der Waals surface area contributed by atoms with Crippen LogP contribution in [0.25, 0.3) is 0 Å². The minimum Gasteiger partial charge on any atom is -0.465 e. The van der Waals surface area contributed by atoms with Gasteiger partial charge in [0.1, 0.15) is 0 Å². The van der Waals surface area contributed by atoms with Crippen LogP contribution in [0.5, 0.6) is 0 Å². The zero-order valence-electron chi connectivity index (χ0n) is 11.6. The first-order valence-electron chi connectivity index (χ1n) is 6.51. The predicted molar refractivity (Wildman–Crippen MR) is 67.9 cm³/mol. The van der Waals surface area contributed by atoms with Gasteiger partial charge in [0.25, 0.3) is 0 Å². The van der Waals surface area contributed by atoms with Crippen LogP contribution in [0.1, 0.15) is 40.5 Å². The summed E-state index contributed by atoms with van der Waals surface area (Å²) in [5, 5.41) is 0. The lowest BCUT2D eigenvalue weighted by atomic mass is 9.83. The Hall–Kier alpha value is -1.32. The molecule has 0 fully saturated rings. The third kappa shape index (κ3) is 2.74. The Kier molecular flexibility index (Phi) is 4.93. The van der Waals surface area contributed by atoms with Gasteiger partial charge in [-0.3, -0.25) is 9.59 Å². The van der Waals surface area contributed by atoms with Crippen molar-refractivity contribution in [1.82, 2.24) is 0 Å². The van der Waals surface area contributed by atoms with E-state index in [0.717, 1.165) is 5.57 Å². The number of carbonyl (C=O) groups excluding carboxylic acids is 2. The first-order valence-corrected chi connectivity index (χ1v) is 6.51. The number of esters is 2. The summed E-state index contributed by atoms with van der Waals surface area (Å²) in [7, 11) is 0. The normalized spacial score (nSPS) is 17.5. The molecule has 0 aromatic heterocycles. The van der Waals surface area contributed by atoms with Gasteiger partial charge in [0, 0.05) is 0 Å². The van der Waals surface area contributed by atoms with Gasteiger partial charge >= 0.3 is 11.9 Å². The quantitative estimate of drug-likeness (QED) is 0.429. The fourth-order valence-electron chi connectivity index (χ4n) is 2.17. The zero-order valence-corrected chi connectivity index (χ0v) is 11.6. The molecule has 0 spiro atoms. The van der Waals surface area contributed by atoms with Crippen LogP contribution >= 0.6 is 0 Å². The second-order valence-corrected chi connectivity index (χ2v) is 4.84. The molecule has 0 N–H and O–H groups in total. The van der Waals surface area contributed by atoms with Crippen LogP contribution in [0.2, 0.25) is 0 Å². The van der Waals surface area contributed by atoms with E-state index in [-0.39, 0.29) is 13.2 Å². The van der Waals surface area contributed by atoms with Crippen molar-refractivity contribution in [3.05, 3.63) is 11.6 Å². The van der Waals surface area contributed by atoms with Gasteiger partial charge in [-0.15, -0.1) is 0 Å². The molecule has 1 rings (SSSR count). The lowest BCUT2D eigenvalue weighted by Crippen LogP contribution is -2.40. The van der Waals surface area contributed by atoms with Crippen molar-refractivity contribution in [2.45, 2.75) is 40.5 Å². The summed E-state index contributed by atoms with van der Waals surface area (Å²) >= 11 is 0. The molecular formula is C14H22O4. The third-order valence-electron chi connectivity index (χ3n) is 3.29. The number of allylic oxidation sites excluding steroid dienone is 2. The van der Waals surface area contributed by atoms with Gasteiger partial charge in [-0.2, -0.15) is 0 Å². The first-order chi connectivity index (χ1) is 8.47. The Bertz CT molecular complexity index is 337. The van der Waals surface area contributed by atoms with Crippen LogP contribution in [0.3, 0.4) is 0 Å². The van der Waals surface area contributed by atoms with E-state index in [4.69, 9.17) is 9.47 Å². The topological polar surface area (TPSA) is 52.6 Å². The van der Waals surface area contributed by atoms with Crippen LogP contribution in [-0.4, -0.2) is 25.2 Å². The summed E-state index contributed by atoms with van der Waals surface area (Å²) in [5.74, 6) is -0.596. The van der Waals surface area contributed by atoms with Crippen LogP contribution in [0.4, 0.5) is 0 Å². The Morgan fingerprint density at radius 3 is 2.06 bits per heavy atom. The van der Waals surface area contributed by atoms with Gasteiger partial charge < -0.3 is 9.47 Å². The maximum absolute atomic E-state index is 12.1. The number of hydrogen-bond donors (Lipinski definition) is 0. The Morgan fingerprint density at radius 2 is 1.72 bits per heavy atom. The second kappa shape index (κ2) is 6.03. The van der Waals surface area contributed by atoms with Crippen molar-refractivity contribution < 1.29 is 19.1 Å². The molecule has 0 bridgehead atoms. The van der Waals surface area contributed by atoms with Crippen molar-refractivity contribution >= 4 is 11.9 Å². The van der Waals surface area contributed by atoms with E-state index in [1.54, 1.807) is 13.8 Å². The maximum atomic E-state index is 12.1. The van der Waals surface area contributed by atoms with Crippen molar-refractivity contribution in [3.8, 4) is 0 Å². The highest BCUT2D eigenvalue weighted by molar-refractivity contribution is 6.01. The van der Waals surface area contributed by atoms with Gasteiger partial charge in [-0.25, -0.2) is 0 Å². The molecule has 0 saturated carbocycles. The van der Waals surface area contributed by atoms with Crippen molar-refractivity contribution in [1.29, 1.82) is 0 Å². The number of hydrogen-bond acceptors (Lipinski definition) is 4. The minimum atomic E-state index is -1.15. The highest BCUT2D eigenvalue weighted by Gasteiger charge is 2.51. The lowest BCUT2D eigenvalue weighted by molar-refractivity contribution is -0.171. The molecule has 0 aromatic rings. The average Bonchev–Trinajstić information content (AvgIpc) is 2.76. The van der Waals surface area contributed by atoms with Crippen molar-refractivity contribution in [3.63, 3.8) is 0 Å². The molecule has 1 aliphatic carbocycles. The molecule has 102 valence electrons. The molecule has 18 heavy (non-hydrogen) atoms. The summed E-state index contributed by atoms with van der Waals surface area (Å²) in [6.07, 6.45) is 2.78. The minimum absolute atomic E-state index is 0.275. The van der Waals surface area contributed by atoms with Gasteiger partial charge in [-0.1, -0.05) is 25.5 Å². The van der Waals surface area contributed by atoms with E-state index < -0.39 is 17.4 Å². The molecule has 0 aromatic carbocycles. The van der Waals surface area contributed by atoms with Crippen LogP contribution in [-0.2, 0) is 19.1 Å². The Labute approximate surface area is 108 Å². The summed E-state index contributed by atoms with van der Waals surface area (Å²) in [4.78, 5) is 24.2. The molecule has 4 heteroatoms. The summed E-state index contributed by atoms with van der Waals surface area (Å²) in [6.45, 7) is 8.13. The average molecular weight is 254 g/mol. The molecule has 0 atom stereocenters. The highest BCUT2D eigenvalue weighted by atomic mass is 16.6. The molecular weight excluding hydrogens is 232 g/mol. The van der Waals surface area contributed by atoms with Gasteiger partial charge in [-0.05, 0) is 32.6 Å². The zero-order chi connectivity index (χ0) is 13.8. The van der Waals surface area contributed by atoms with E-state index in [2.05, 4.69) is 13.8 Å². The Balaban J connectivity index is 2.92. The van der Waals surface area contributed by atoms with Gasteiger partial charge in [0.15, 0.2) is 5.41 Å². The highest BCUT2D eigenvalue weighted by Crippen LogP contribution is 2.42. The third-order valence-corrected chi connectivity index (χ3v) is 3.29. The molecule has 0 unspecified atom stereocenters. The monoisotopic (exact) mass is 254 g/mol. The summed E-state index contributed by atoms with van der Waals surface area (Å²) < 4.78 is 10.1. The molecule has 0 aliphatic heterocycles. The van der Waals surface area contributed by atoms with E-state index >= 15 is 0 Å². The summed E-state index contributed by atoms with van der Waals surface area (Å²) in [6, 6.07) is 0. The molecule has 0 saturated heterocycles. The first kappa shape index (κ1) is 14.7. The number of carbonyl (C=O) groups is 2. The van der Waals surface area contributed by atoms with E-state index in [9.17, 15) is 9.59 Å². The van der Waals surface area contributed by atoms with Crippen molar-refractivity contribution in [2.24, 2.45) is 11.3 Å². The summed E-state index contributed by atoms with van der Waals surface area (Å²) in [5.41, 5.74) is -0.0258. The van der Waals surface area contributed by atoms with Crippen LogP contribution in [0, 0.1) is 11.3 Å². The number of rotatable bonds is 5. The van der Waals surface area contributed by atoms with E-state index in [1.165, 1.54) is 0 Å². The smallest absolute Gasteiger partial charge is 0.324 e. The number of ether oxygens (including phenoxy) is 2. The lowest BCUT2D eigenvalue weighted by Gasteiger charge is -2.25. The van der Waals surface area contributed by atoms with E-state index in [0.29, 0.717) is 18.8 Å². The second-order valence-electron chi connectivity index (χ2n) is 4.84. The largest absolute Gasteiger partial charge is 0.465 e. The molecule has 0 heterocycles. The molecule has 0 radical (unpaired) electrons. The standard InChI is InChI=1S/C14H22O4/c1-5-17-12(15)14(13(16)18-6-2)8-7-11(9-14)10(3)4/h7,10H,5-6,8-9H2,1-4H3. The van der Waals surface area contributed by atoms with Crippen LogP contribution < -0.4 is 0 Å². The van der Waals surface area contributed by atoms with Gasteiger partial charge in [0.2, 0.25) is 0 Å². The maximum Gasteiger partial charge on any atom is 0.324 e. The van der Waals surface area contributed by atoms with E-state index in [1.807, 2.05) is 6.08 Å². The van der Waals surface area contributed by atoms with Crippen LogP contribution in [0.15, 0.2) is 11.6 Å². The Morgan fingerprint density at radius 1 is 1.22 bits per heavy atom. The SMILES string of the molecule is CCOC(=O)C1(C(=O)OCC)CC=C(C(C)C)C1. The fourth-order valence-corrected chi connectivity index (χ4v) is 2.17. The molecule has 1 aliphatic rings.